The second-order valence-electron chi connectivity index (χ2n) is 13.2. The van der Waals surface area contributed by atoms with Gasteiger partial charge in [-0.25, -0.2) is 4.79 Å². The van der Waals surface area contributed by atoms with Crippen LogP contribution in [-0.4, -0.2) is 69.4 Å². The zero-order valence-corrected chi connectivity index (χ0v) is 23.7. The fourth-order valence-electron chi connectivity index (χ4n) is 8.29. The number of imidazole rings is 1. The highest BCUT2D eigenvalue weighted by Gasteiger charge is 2.46. The predicted molar refractivity (Wildman–Crippen MR) is 148 cm³/mol. The van der Waals surface area contributed by atoms with Gasteiger partial charge in [-0.15, -0.1) is 0 Å². The molecule has 222 valence electrons. The molecule has 6 rings (SSSR count). The molecule has 2 aromatic heterocycles. The fraction of sp³-hybridized carbons (Fsp3) is 0.767. The van der Waals surface area contributed by atoms with E-state index in [4.69, 9.17) is 0 Å². The number of hydrogen-bond donors (Lipinski definition) is 2. The number of likely N-dealkylation sites (tertiary alicyclic amines) is 1. The molecule has 4 unspecified atom stereocenters. The summed E-state index contributed by atoms with van der Waals surface area (Å²) in [6.07, 6.45) is 5.93. The molecule has 10 heteroatoms. The first-order chi connectivity index (χ1) is 19.1. The van der Waals surface area contributed by atoms with Crippen LogP contribution in [0.1, 0.15) is 75.5 Å². The van der Waals surface area contributed by atoms with Gasteiger partial charge in [-0.05, 0) is 93.8 Å². The summed E-state index contributed by atoms with van der Waals surface area (Å²) >= 11 is 0. The number of piperidine rings is 1. The molecule has 4 heterocycles. The Kier molecular flexibility index (Phi) is 7.82. The molecular weight excluding hydrogens is 519 g/mol. The monoisotopic (exact) mass is 563 g/mol. The van der Waals surface area contributed by atoms with Crippen molar-refractivity contribution in [2.75, 3.05) is 33.2 Å². The van der Waals surface area contributed by atoms with Crippen LogP contribution in [0.15, 0.2) is 23.3 Å². The standard InChI is InChI=1S/C30H44F3N5O2/c1-19-5-4-9-36(15-19)16-20-11-25(30(31,32)33)26-18-37(29(40)38(26)17-20)23-7-3-6-21(12-23)27(22-13-24(39)14-22)28-34-8-10-35(28)2/h11,17-19,21-24,27-28,34,39H,3-10,12-16H2,1-2H3/t19?,21-,22?,23?,24?,27?,28?/m0/s1. The lowest BCUT2D eigenvalue weighted by Crippen LogP contribution is -2.51. The lowest BCUT2D eigenvalue weighted by atomic mass is 9.64. The summed E-state index contributed by atoms with van der Waals surface area (Å²) in [4.78, 5) is 18.3. The van der Waals surface area contributed by atoms with E-state index in [0.29, 0.717) is 35.8 Å². The van der Waals surface area contributed by atoms with Crippen LogP contribution in [0.5, 0.6) is 0 Å². The van der Waals surface area contributed by atoms with Crippen molar-refractivity contribution in [2.45, 2.75) is 89.3 Å². The highest BCUT2D eigenvalue weighted by molar-refractivity contribution is 5.56. The number of aromatic nitrogens is 2. The molecule has 0 spiro atoms. The number of pyridine rings is 1. The summed E-state index contributed by atoms with van der Waals surface area (Å²) in [6, 6.07) is 1.12. The van der Waals surface area contributed by atoms with E-state index in [9.17, 15) is 23.1 Å². The van der Waals surface area contributed by atoms with Gasteiger partial charge in [0.2, 0.25) is 0 Å². The first kappa shape index (κ1) is 28.2. The number of fused-ring (bicyclic) bond motifs is 1. The van der Waals surface area contributed by atoms with E-state index in [1.807, 2.05) is 0 Å². The fourth-order valence-corrected chi connectivity index (χ4v) is 8.29. The van der Waals surface area contributed by atoms with E-state index in [2.05, 4.69) is 29.1 Å². The lowest BCUT2D eigenvalue weighted by Gasteiger charge is -2.47. The molecule has 5 atom stereocenters. The number of aliphatic hydroxyl groups is 1. The van der Waals surface area contributed by atoms with Crippen molar-refractivity contribution in [3.8, 4) is 0 Å². The molecule has 2 aliphatic carbocycles. The van der Waals surface area contributed by atoms with E-state index in [1.54, 1.807) is 10.8 Å². The number of nitrogens with one attached hydrogen (secondary N) is 1. The maximum absolute atomic E-state index is 14.3. The average molecular weight is 564 g/mol. The minimum absolute atomic E-state index is 0.0498. The second-order valence-corrected chi connectivity index (χ2v) is 13.2. The molecule has 2 saturated heterocycles. The molecule has 2 aliphatic heterocycles. The van der Waals surface area contributed by atoms with Crippen LogP contribution >= 0.6 is 0 Å². The SMILES string of the molecule is CC1CCCN(Cc2cc(C(F)(F)F)c3cn(C4CCC[C@H](C(C5CC(O)C5)C5NCCN5C)C4)c(=O)n3c2)C1. The Morgan fingerprint density at radius 3 is 2.55 bits per heavy atom. The molecule has 4 aliphatic rings. The maximum Gasteiger partial charge on any atom is 0.418 e. The first-order valence-corrected chi connectivity index (χ1v) is 15.3. The predicted octanol–water partition coefficient (Wildman–Crippen LogP) is 4.33. The van der Waals surface area contributed by atoms with Crippen LogP contribution < -0.4 is 11.0 Å². The molecule has 4 fully saturated rings. The smallest absolute Gasteiger partial charge is 0.393 e. The minimum Gasteiger partial charge on any atom is -0.393 e. The van der Waals surface area contributed by atoms with Crippen LogP contribution in [0.2, 0.25) is 0 Å². The van der Waals surface area contributed by atoms with Gasteiger partial charge in [0.1, 0.15) is 0 Å². The van der Waals surface area contributed by atoms with E-state index < -0.39 is 11.7 Å². The summed E-state index contributed by atoms with van der Waals surface area (Å²) in [5, 5.41) is 13.7. The van der Waals surface area contributed by atoms with Gasteiger partial charge in [-0.1, -0.05) is 13.3 Å². The molecular formula is C30H44F3N5O2. The topological polar surface area (TPSA) is 65.2 Å². The normalized spacial score (nSPS) is 33.4. The van der Waals surface area contributed by atoms with Crippen molar-refractivity contribution in [3.05, 3.63) is 40.1 Å². The van der Waals surface area contributed by atoms with Crippen molar-refractivity contribution in [2.24, 2.45) is 23.7 Å². The molecule has 2 N–H and O–H groups in total. The van der Waals surface area contributed by atoms with Crippen LogP contribution in [-0.2, 0) is 12.7 Å². The summed E-state index contributed by atoms with van der Waals surface area (Å²) in [5.41, 5.74) is -0.608. The zero-order valence-electron chi connectivity index (χ0n) is 23.7. The molecule has 7 nitrogen and oxygen atoms in total. The molecule has 2 aromatic rings. The van der Waals surface area contributed by atoms with Gasteiger partial charge < -0.3 is 10.4 Å². The van der Waals surface area contributed by atoms with Crippen LogP contribution in [0, 0.1) is 23.7 Å². The van der Waals surface area contributed by atoms with E-state index in [1.165, 1.54) is 16.7 Å². The summed E-state index contributed by atoms with van der Waals surface area (Å²) in [7, 11) is 2.14. The number of likely N-dealkylation sites (N-methyl/N-ethyl adjacent to an activating group) is 1. The van der Waals surface area contributed by atoms with Gasteiger partial charge in [0.25, 0.3) is 0 Å². The van der Waals surface area contributed by atoms with E-state index in [0.717, 1.165) is 77.5 Å². The van der Waals surface area contributed by atoms with Crippen molar-refractivity contribution >= 4 is 5.52 Å². The zero-order chi connectivity index (χ0) is 28.2. The van der Waals surface area contributed by atoms with Gasteiger partial charge >= 0.3 is 11.9 Å². The third-order valence-corrected chi connectivity index (χ3v) is 10.3. The Morgan fingerprint density at radius 2 is 1.88 bits per heavy atom. The van der Waals surface area contributed by atoms with Gasteiger partial charge in [0.05, 0.1) is 23.3 Å². The molecule has 40 heavy (non-hydrogen) atoms. The van der Waals surface area contributed by atoms with Gasteiger partial charge in [-0.2, -0.15) is 13.2 Å². The molecule has 0 bridgehead atoms. The Morgan fingerprint density at radius 1 is 1.07 bits per heavy atom. The van der Waals surface area contributed by atoms with E-state index in [-0.39, 0.29) is 29.5 Å². The van der Waals surface area contributed by atoms with Crippen LogP contribution in [0.25, 0.3) is 5.52 Å². The minimum atomic E-state index is -4.54. The van der Waals surface area contributed by atoms with Crippen molar-refractivity contribution in [3.63, 3.8) is 0 Å². The third-order valence-electron chi connectivity index (χ3n) is 10.3. The number of nitrogens with zero attached hydrogens (tertiary/aromatic N) is 4. The first-order valence-electron chi connectivity index (χ1n) is 15.3. The van der Waals surface area contributed by atoms with Gasteiger partial charge in [-0.3, -0.25) is 18.8 Å². The average Bonchev–Trinajstić information content (AvgIpc) is 3.45. The molecule has 0 amide bonds. The lowest BCUT2D eigenvalue weighted by molar-refractivity contribution is -0.136. The maximum atomic E-state index is 14.3. The Labute approximate surface area is 234 Å². The third kappa shape index (κ3) is 5.49. The molecule has 2 saturated carbocycles. The molecule has 0 radical (unpaired) electrons. The van der Waals surface area contributed by atoms with Crippen molar-refractivity contribution in [1.29, 1.82) is 0 Å². The van der Waals surface area contributed by atoms with Crippen molar-refractivity contribution in [1.82, 2.24) is 24.1 Å². The number of rotatable bonds is 6. The number of hydrogen-bond acceptors (Lipinski definition) is 5. The number of halogens is 3. The van der Waals surface area contributed by atoms with Crippen LogP contribution in [0.4, 0.5) is 13.2 Å². The number of alkyl halides is 3. The summed E-state index contributed by atoms with van der Waals surface area (Å²) < 4.78 is 45.7. The largest absolute Gasteiger partial charge is 0.418 e. The Bertz CT molecular complexity index is 1250. The highest BCUT2D eigenvalue weighted by atomic mass is 19.4. The van der Waals surface area contributed by atoms with E-state index >= 15 is 0 Å². The van der Waals surface area contributed by atoms with Gasteiger partial charge in [0, 0.05) is 44.6 Å². The number of aliphatic hydroxyl groups excluding tert-OH is 1. The summed E-state index contributed by atoms with van der Waals surface area (Å²) in [6.45, 7) is 6.25. The highest BCUT2D eigenvalue weighted by Crippen LogP contribution is 2.47. The molecule has 0 aromatic carbocycles. The van der Waals surface area contributed by atoms with Crippen LogP contribution in [0.3, 0.4) is 0 Å². The quantitative estimate of drug-likeness (QED) is 0.548. The Hall–Kier alpha value is -1.88. The van der Waals surface area contributed by atoms with Crippen molar-refractivity contribution < 1.29 is 18.3 Å². The Balaban J connectivity index is 1.30. The van der Waals surface area contributed by atoms with Gasteiger partial charge in [0.15, 0.2) is 0 Å². The second kappa shape index (κ2) is 11.1. The summed E-state index contributed by atoms with van der Waals surface area (Å²) in [5.74, 6) is 1.66.